The standard InChI is InChI=1S/C25H29N3O6/c1-16(2)14-19(27-24(30)32-15-17-8-4-3-5-9-17)22(29)28-21-12-13-33-25(21,31)23-26-18-10-6-7-11-20(18)34-23/h3-11,16,19,21,31H,12-15H2,1-2H3,(H,27,30)(H,28,29)/t19-,21-,25?/m0/s1. The van der Waals surface area contributed by atoms with Gasteiger partial charge in [0.05, 0.1) is 12.6 Å². The van der Waals surface area contributed by atoms with E-state index in [1.165, 1.54) is 0 Å². The molecule has 1 fully saturated rings. The molecule has 1 aliphatic heterocycles. The molecule has 0 radical (unpaired) electrons. The van der Waals surface area contributed by atoms with Gasteiger partial charge >= 0.3 is 6.09 Å². The Balaban J connectivity index is 1.43. The number of hydrogen-bond donors (Lipinski definition) is 3. The number of fused-ring (bicyclic) bond motifs is 1. The molecule has 4 rings (SSSR count). The highest BCUT2D eigenvalue weighted by Crippen LogP contribution is 2.35. The minimum Gasteiger partial charge on any atom is -0.445 e. The summed E-state index contributed by atoms with van der Waals surface area (Å²) in [7, 11) is 0. The van der Waals surface area contributed by atoms with Crippen molar-refractivity contribution in [3.8, 4) is 0 Å². The maximum atomic E-state index is 13.1. The van der Waals surface area contributed by atoms with Crippen LogP contribution in [0, 0.1) is 5.92 Å². The molecule has 1 saturated heterocycles. The molecule has 2 heterocycles. The Morgan fingerprint density at radius 3 is 2.65 bits per heavy atom. The number of alkyl carbamates (subject to hydrolysis) is 1. The van der Waals surface area contributed by atoms with Crippen LogP contribution in [-0.4, -0.2) is 40.8 Å². The molecule has 9 heteroatoms. The van der Waals surface area contributed by atoms with Crippen molar-refractivity contribution >= 4 is 23.1 Å². The zero-order valence-corrected chi connectivity index (χ0v) is 19.2. The number of oxazole rings is 1. The quantitative estimate of drug-likeness (QED) is 0.465. The second kappa shape index (κ2) is 10.2. The Morgan fingerprint density at radius 2 is 1.91 bits per heavy atom. The number of aromatic nitrogens is 1. The van der Waals surface area contributed by atoms with E-state index in [-0.39, 0.29) is 25.0 Å². The van der Waals surface area contributed by atoms with Crippen LogP contribution in [0.4, 0.5) is 4.79 Å². The lowest BCUT2D eigenvalue weighted by Crippen LogP contribution is -2.54. The van der Waals surface area contributed by atoms with E-state index in [4.69, 9.17) is 13.9 Å². The van der Waals surface area contributed by atoms with E-state index in [9.17, 15) is 14.7 Å². The Kier molecular flexibility index (Phi) is 7.14. The van der Waals surface area contributed by atoms with Crippen molar-refractivity contribution in [2.75, 3.05) is 6.61 Å². The Labute approximate surface area is 197 Å². The van der Waals surface area contributed by atoms with E-state index in [0.29, 0.717) is 23.9 Å². The van der Waals surface area contributed by atoms with Crippen molar-refractivity contribution in [3.63, 3.8) is 0 Å². The number of para-hydroxylation sites is 2. The average Bonchev–Trinajstić information content (AvgIpc) is 3.42. The molecule has 0 spiro atoms. The molecule has 0 aliphatic carbocycles. The highest BCUT2D eigenvalue weighted by atomic mass is 16.6. The molecule has 1 unspecified atom stereocenters. The molecule has 3 atom stereocenters. The van der Waals surface area contributed by atoms with Gasteiger partial charge in [0.1, 0.15) is 18.2 Å². The van der Waals surface area contributed by atoms with Gasteiger partial charge in [0.2, 0.25) is 5.91 Å². The number of carbonyl (C=O) groups is 2. The molecular formula is C25H29N3O6. The smallest absolute Gasteiger partial charge is 0.408 e. The summed E-state index contributed by atoms with van der Waals surface area (Å²) in [6, 6.07) is 14.7. The first-order chi connectivity index (χ1) is 16.3. The van der Waals surface area contributed by atoms with E-state index < -0.39 is 29.9 Å². The summed E-state index contributed by atoms with van der Waals surface area (Å²) < 4.78 is 16.5. The summed E-state index contributed by atoms with van der Waals surface area (Å²) in [6.07, 6.45) is 0.0520. The number of rotatable bonds is 8. The van der Waals surface area contributed by atoms with Gasteiger partial charge in [-0.3, -0.25) is 4.79 Å². The van der Waals surface area contributed by atoms with Gasteiger partial charge in [0.25, 0.3) is 11.7 Å². The average molecular weight is 468 g/mol. The summed E-state index contributed by atoms with van der Waals surface area (Å²) in [5.41, 5.74) is 1.92. The minimum absolute atomic E-state index is 0.0212. The minimum atomic E-state index is -1.91. The second-order valence-electron chi connectivity index (χ2n) is 8.77. The zero-order chi connectivity index (χ0) is 24.1. The van der Waals surface area contributed by atoms with Crippen LogP contribution in [0.5, 0.6) is 0 Å². The van der Waals surface area contributed by atoms with Gasteiger partial charge in [-0.25, -0.2) is 9.78 Å². The lowest BCUT2D eigenvalue weighted by Gasteiger charge is -2.28. The first-order valence-electron chi connectivity index (χ1n) is 11.3. The highest BCUT2D eigenvalue weighted by Gasteiger charge is 2.50. The Hall–Kier alpha value is -3.43. The molecule has 2 amide bonds. The fourth-order valence-electron chi connectivity index (χ4n) is 3.92. The van der Waals surface area contributed by atoms with E-state index in [0.717, 1.165) is 5.56 Å². The molecule has 0 bridgehead atoms. The number of hydrogen-bond acceptors (Lipinski definition) is 7. The van der Waals surface area contributed by atoms with E-state index in [2.05, 4.69) is 15.6 Å². The molecule has 3 N–H and O–H groups in total. The van der Waals surface area contributed by atoms with Crippen LogP contribution in [0.3, 0.4) is 0 Å². The summed E-state index contributed by atoms with van der Waals surface area (Å²) in [5.74, 6) is -2.26. The van der Waals surface area contributed by atoms with Crippen LogP contribution in [-0.2, 0) is 26.7 Å². The number of amides is 2. The van der Waals surface area contributed by atoms with Crippen LogP contribution >= 0.6 is 0 Å². The normalized spacial score (nSPS) is 20.9. The predicted molar refractivity (Wildman–Crippen MR) is 123 cm³/mol. The largest absolute Gasteiger partial charge is 0.445 e. The fourth-order valence-corrected chi connectivity index (χ4v) is 3.92. The number of carbonyl (C=O) groups excluding carboxylic acids is 2. The molecule has 3 aromatic rings. The van der Waals surface area contributed by atoms with Gasteiger partial charge in [-0.2, -0.15) is 0 Å². The van der Waals surface area contributed by atoms with Crippen molar-refractivity contribution in [2.45, 2.75) is 51.2 Å². The van der Waals surface area contributed by atoms with Crippen molar-refractivity contribution in [2.24, 2.45) is 5.92 Å². The van der Waals surface area contributed by atoms with Crippen molar-refractivity contribution in [1.29, 1.82) is 0 Å². The van der Waals surface area contributed by atoms with E-state index >= 15 is 0 Å². The van der Waals surface area contributed by atoms with Crippen LogP contribution in [0.1, 0.15) is 38.1 Å². The highest BCUT2D eigenvalue weighted by molar-refractivity contribution is 5.86. The molecular weight excluding hydrogens is 438 g/mol. The molecule has 1 aliphatic rings. The predicted octanol–water partition coefficient (Wildman–Crippen LogP) is 3.22. The Morgan fingerprint density at radius 1 is 1.18 bits per heavy atom. The van der Waals surface area contributed by atoms with Crippen LogP contribution in [0.2, 0.25) is 0 Å². The van der Waals surface area contributed by atoms with Crippen molar-refractivity contribution < 1.29 is 28.6 Å². The van der Waals surface area contributed by atoms with Crippen LogP contribution < -0.4 is 10.6 Å². The van der Waals surface area contributed by atoms with E-state index in [1.807, 2.05) is 50.2 Å². The third-order valence-corrected chi connectivity index (χ3v) is 5.65. The van der Waals surface area contributed by atoms with Crippen molar-refractivity contribution in [1.82, 2.24) is 15.6 Å². The topological polar surface area (TPSA) is 123 Å². The summed E-state index contributed by atoms with van der Waals surface area (Å²) in [5, 5.41) is 16.7. The second-order valence-corrected chi connectivity index (χ2v) is 8.77. The third kappa shape index (κ3) is 5.37. The van der Waals surface area contributed by atoms with Gasteiger partial charge in [0.15, 0.2) is 5.58 Å². The number of nitrogens with one attached hydrogen (secondary N) is 2. The maximum absolute atomic E-state index is 13.1. The summed E-state index contributed by atoms with van der Waals surface area (Å²) in [4.78, 5) is 29.9. The van der Waals surface area contributed by atoms with E-state index in [1.54, 1.807) is 18.2 Å². The lowest BCUT2D eigenvalue weighted by molar-refractivity contribution is -0.206. The van der Waals surface area contributed by atoms with Gasteiger partial charge in [-0.1, -0.05) is 56.3 Å². The van der Waals surface area contributed by atoms with Gasteiger partial charge in [-0.15, -0.1) is 0 Å². The molecule has 180 valence electrons. The first-order valence-corrected chi connectivity index (χ1v) is 11.3. The van der Waals surface area contributed by atoms with Gasteiger partial charge in [0, 0.05) is 0 Å². The molecule has 34 heavy (non-hydrogen) atoms. The van der Waals surface area contributed by atoms with Crippen LogP contribution in [0.25, 0.3) is 11.1 Å². The Bertz CT molecular complexity index is 1100. The summed E-state index contributed by atoms with van der Waals surface area (Å²) >= 11 is 0. The van der Waals surface area contributed by atoms with Crippen LogP contribution in [0.15, 0.2) is 59.0 Å². The van der Waals surface area contributed by atoms with Crippen molar-refractivity contribution in [3.05, 3.63) is 66.1 Å². The monoisotopic (exact) mass is 467 g/mol. The SMILES string of the molecule is CC(C)C[C@H](NC(=O)OCc1ccccc1)C(=O)N[C@H]1CCOC1(O)c1nc2ccccc2o1. The molecule has 0 saturated carbocycles. The summed E-state index contributed by atoms with van der Waals surface area (Å²) in [6.45, 7) is 4.20. The molecule has 1 aromatic heterocycles. The first kappa shape index (κ1) is 23.7. The molecule has 9 nitrogen and oxygen atoms in total. The lowest BCUT2D eigenvalue weighted by atomic mass is 10.0. The zero-order valence-electron chi connectivity index (χ0n) is 19.2. The fraction of sp³-hybridized carbons (Fsp3) is 0.400. The third-order valence-electron chi connectivity index (χ3n) is 5.65. The van der Waals surface area contributed by atoms with Gasteiger partial charge in [-0.05, 0) is 36.5 Å². The number of aliphatic hydroxyl groups is 1. The number of ether oxygens (including phenoxy) is 2. The molecule has 2 aromatic carbocycles. The van der Waals surface area contributed by atoms with Gasteiger partial charge < -0.3 is 29.6 Å². The maximum Gasteiger partial charge on any atom is 0.408 e. The number of benzene rings is 2. The number of nitrogens with zero attached hydrogens (tertiary/aromatic N) is 1.